The van der Waals surface area contributed by atoms with Crippen LogP contribution in [0.25, 0.3) is 16.2 Å². The summed E-state index contributed by atoms with van der Waals surface area (Å²) < 4.78 is 2.92. The Bertz CT molecular complexity index is 699. The van der Waals surface area contributed by atoms with E-state index in [9.17, 15) is 4.79 Å². The van der Waals surface area contributed by atoms with Crippen LogP contribution in [0.1, 0.15) is 9.67 Å². The van der Waals surface area contributed by atoms with Crippen LogP contribution in [0.3, 0.4) is 0 Å². The highest BCUT2D eigenvalue weighted by atomic mass is 127. The third-order valence-corrected chi connectivity index (χ3v) is 4.21. The number of imidazole rings is 1. The number of thiazole rings is 1. The van der Waals surface area contributed by atoms with Gasteiger partial charge in [-0.05, 0) is 34.7 Å². The average molecular weight is 370 g/mol. The van der Waals surface area contributed by atoms with Crippen molar-refractivity contribution in [1.82, 2.24) is 9.38 Å². The first kappa shape index (κ1) is 11.7. The Hall–Kier alpha value is -1.41. The number of aromatic carboxylic acids is 1. The maximum absolute atomic E-state index is 10.8. The number of halogens is 1. The van der Waals surface area contributed by atoms with Crippen molar-refractivity contribution in [2.75, 3.05) is 0 Å². The van der Waals surface area contributed by atoms with Crippen LogP contribution in [0.15, 0.2) is 36.7 Å². The molecule has 90 valence electrons. The molecule has 0 radical (unpaired) electrons. The van der Waals surface area contributed by atoms with Gasteiger partial charge in [-0.25, -0.2) is 9.78 Å². The van der Waals surface area contributed by atoms with E-state index >= 15 is 0 Å². The Morgan fingerprint density at radius 3 is 2.61 bits per heavy atom. The summed E-state index contributed by atoms with van der Waals surface area (Å²) in [6, 6.07) is 8.05. The normalized spacial score (nSPS) is 10.9. The lowest BCUT2D eigenvalue weighted by molar-refractivity contribution is 0.0702. The zero-order chi connectivity index (χ0) is 12.7. The molecule has 0 saturated heterocycles. The van der Waals surface area contributed by atoms with Crippen LogP contribution in [-0.2, 0) is 0 Å². The van der Waals surface area contributed by atoms with Gasteiger partial charge in [0.05, 0.1) is 5.69 Å². The largest absolute Gasteiger partial charge is 0.477 e. The molecule has 0 bridgehead atoms. The Balaban J connectivity index is 2.06. The van der Waals surface area contributed by atoms with E-state index in [4.69, 9.17) is 5.11 Å². The van der Waals surface area contributed by atoms with Gasteiger partial charge >= 0.3 is 5.97 Å². The molecule has 1 N–H and O–H groups in total. The molecular formula is C12H7IN2O2S. The van der Waals surface area contributed by atoms with Gasteiger partial charge in [0, 0.05) is 21.5 Å². The van der Waals surface area contributed by atoms with Crippen molar-refractivity contribution in [3.8, 4) is 11.3 Å². The second-order valence-corrected chi connectivity index (χ2v) is 5.98. The van der Waals surface area contributed by atoms with Gasteiger partial charge in [-0.15, -0.1) is 0 Å². The van der Waals surface area contributed by atoms with Gasteiger partial charge in [0.15, 0.2) is 4.96 Å². The van der Waals surface area contributed by atoms with Crippen molar-refractivity contribution in [2.24, 2.45) is 0 Å². The SMILES string of the molecule is O=C(O)c1cn2cc(-c3ccc(I)cc3)nc2s1. The molecule has 0 aliphatic heterocycles. The van der Waals surface area contributed by atoms with E-state index in [-0.39, 0.29) is 0 Å². The van der Waals surface area contributed by atoms with Gasteiger partial charge in [0.2, 0.25) is 0 Å². The van der Waals surface area contributed by atoms with Crippen LogP contribution in [0.4, 0.5) is 0 Å². The predicted molar refractivity (Wildman–Crippen MR) is 78.2 cm³/mol. The maximum Gasteiger partial charge on any atom is 0.347 e. The second kappa shape index (κ2) is 4.36. The van der Waals surface area contributed by atoms with E-state index in [1.807, 2.05) is 30.5 Å². The van der Waals surface area contributed by atoms with Gasteiger partial charge in [0.25, 0.3) is 0 Å². The minimum atomic E-state index is -0.915. The topological polar surface area (TPSA) is 54.6 Å². The summed E-state index contributed by atoms with van der Waals surface area (Å²) in [5.74, 6) is -0.915. The Kier molecular flexibility index (Phi) is 2.83. The molecule has 2 aromatic heterocycles. The molecule has 3 aromatic rings. The summed E-state index contributed by atoms with van der Waals surface area (Å²) in [4.78, 5) is 16.3. The van der Waals surface area contributed by atoms with E-state index in [1.165, 1.54) is 14.9 Å². The van der Waals surface area contributed by atoms with Crippen LogP contribution >= 0.6 is 33.9 Å². The highest BCUT2D eigenvalue weighted by molar-refractivity contribution is 14.1. The minimum Gasteiger partial charge on any atom is -0.477 e. The lowest BCUT2D eigenvalue weighted by atomic mass is 10.2. The highest BCUT2D eigenvalue weighted by Crippen LogP contribution is 2.24. The van der Waals surface area contributed by atoms with Crippen LogP contribution in [0.5, 0.6) is 0 Å². The summed E-state index contributed by atoms with van der Waals surface area (Å²) >= 11 is 3.43. The first-order valence-corrected chi connectivity index (χ1v) is 7.01. The summed E-state index contributed by atoms with van der Waals surface area (Å²) in [6.45, 7) is 0. The fourth-order valence-electron chi connectivity index (χ4n) is 1.65. The molecule has 0 fully saturated rings. The lowest BCUT2D eigenvalue weighted by Gasteiger charge is -1.95. The zero-order valence-corrected chi connectivity index (χ0v) is 12.0. The van der Waals surface area contributed by atoms with Crippen molar-refractivity contribution in [2.45, 2.75) is 0 Å². The molecule has 3 rings (SSSR count). The first-order valence-electron chi connectivity index (χ1n) is 5.11. The van der Waals surface area contributed by atoms with Crippen molar-refractivity contribution < 1.29 is 9.90 Å². The van der Waals surface area contributed by atoms with Crippen molar-refractivity contribution >= 4 is 44.9 Å². The summed E-state index contributed by atoms with van der Waals surface area (Å²) in [5, 5.41) is 8.89. The summed E-state index contributed by atoms with van der Waals surface area (Å²) in [5.41, 5.74) is 1.89. The Labute approximate surface area is 120 Å². The van der Waals surface area contributed by atoms with Gasteiger partial charge in [-0.1, -0.05) is 23.5 Å². The molecule has 0 amide bonds. The fourth-order valence-corrected chi connectivity index (χ4v) is 2.82. The predicted octanol–water partition coefficient (Wildman–Crippen LogP) is 3.37. The number of carboxylic acid groups (broad SMARTS) is 1. The quantitative estimate of drug-likeness (QED) is 0.704. The van der Waals surface area contributed by atoms with Crippen LogP contribution in [-0.4, -0.2) is 20.5 Å². The van der Waals surface area contributed by atoms with Gasteiger partial charge < -0.3 is 5.11 Å². The smallest absolute Gasteiger partial charge is 0.347 e. The van der Waals surface area contributed by atoms with E-state index in [2.05, 4.69) is 27.6 Å². The number of rotatable bonds is 2. The summed E-state index contributed by atoms with van der Waals surface area (Å²) in [7, 11) is 0. The number of carbonyl (C=O) groups is 1. The standard InChI is InChI=1S/C12H7IN2O2S/c13-8-3-1-7(2-4-8)9-5-15-6-10(11(16)17)18-12(15)14-9/h1-6H,(H,16,17). The lowest BCUT2D eigenvalue weighted by Crippen LogP contribution is -1.90. The molecule has 2 heterocycles. The van der Waals surface area contributed by atoms with E-state index < -0.39 is 5.97 Å². The molecular weight excluding hydrogens is 363 g/mol. The molecule has 0 atom stereocenters. The van der Waals surface area contributed by atoms with Crippen LogP contribution in [0.2, 0.25) is 0 Å². The Morgan fingerprint density at radius 2 is 2.00 bits per heavy atom. The average Bonchev–Trinajstić information content (AvgIpc) is 2.87. The van der Waals surface area contributed by atoms with Gasteiger partial charge in [0.1, 0.15) is 4.88 Å². The number of carboxylic acids is 1. The van der Waals surface area contributed by atoms with Crippen LogP contribution in [0, 0.1) is 3.57 Å². The van der Waals surface area contributed by atoms with Crippen LogP contribution < -0.4 is 0 Å². The third kappa shape index (κ3) is 2.01. The second-order valence-electron chi connectivity index (χ2n) is 3.72. The molecule has 0 unspecified atom stereocenters. The molecule has 0 saturated carbocycles. The molecule has 18 heavy (non-hydrogen) atoms. The van der Waals surface area contributed by atoms with Crippen molar-refractivity contribution in [3.63, 3.8) is 0 Å². The molecule has 6 heteroatoms. The van der Waals surface area contributed by atoms with Crippen molar-refractivity contribution in [1.29, 1.82) is 0 Å². The number of fused-ring (bicyclic) bond motifs is 1. The summed E-state index contributed by atoms with van der Waals surface area (Å²) in [6.07, 6.45) is 3.44. The van der Waals surface area contributed by atoms with Gasteiger partial charge in [-0.2, -0.15) is 0 Å². The molecule has 0 spiro atoms. The van der Waals surface area contributed by atoms with Gasteiger partial charge in [-0.3, -0.25) is 4.40 Å². The number of aromatic nitrogens is 2. The highest BCUT2D eigenvalue weighted by Gasteiger charge is 2.11. The number of hydrogen-bond donors (Lipinski definition) is 1. The first-order chi connectivity index (χ1) is 8.63. The zero-order valence-electron chi connectivity index (χ0n) is 9.00. The van der Waals surface area contributed by atoms with E-state index in [1.54, 1.807) is 10.6 Å². The number of hydrogen-bond acceptors (Lipinski definition) is 3. The third-order valence-electron chi connectivity index (χ3n) is 2.51. The molecule has 1 aromatic carbocycles. The molecule has 0 aliphatic carbocycles. The molecule has 0 aliphatic rings. The number of benzene rings is 1. The minimum absolute atomic E-state index is 0.298. The monoisotopic (exact) mass is 370 g/mol. The maximum atomic E-state index is 10.8. The van der Waals surface area contributed by atoms with E-state index in [0.717, 1.165) is 11.3 Å². The number of nitrogens with zero attached hydrogens (tertiary/aromatic N) is 2. The van der Waals surface area contributed by atoms with E-state index in [0.29, 0.717) is 9.84 Å². The molecule has 4 nitrogen and oxygen atoms in total. The fraction of sp³-hybridized carbons (Fsp3) is 0. The Morgan fingerprint density at radius 1 is 1.28 bits per heavy atom. The van der Waals surface area contributed by atoms with Crippen molar-refractivity contribution in [3.05, 3.63) is 45.1 Å².